The van der Waals surface area contributed by atoms with Crippen molar-refractivity contribution in [1.29, 1.82) is 0 Å². The van der Waals surface area contributed by atoms with E-state index in [1.165, 1.54) is 0 Å². The highest BCUT2D eigenvalue weighted by molar-refractivity contribution is 9.10. The molecule has 0 atom stereocenters. The molecule has 5 heteroatoms. The molecule has 1 N–H and O–H groups in total. The largest absolute Gasteiger partial charge is 0.346 e. The summed E-state index contributed by atoms with van der Waals surface area (Å²) in [6, 6.07) is 3.74. The summed E-state index contributed by atoms with van der Waals surface area (Å²) in [5.74, 6) is 0.553. The monoisotopic (exact) mass is 253 g/mol. The summed E-state index contributed by atoms with van der Waals surface area (Å²) in [5, 5.41) is 3.31. The van der Waals surface area contributed by atoms with Crippen LogP contribution in [0.1, 0.15) is 0 Å². The Kier molecular flexibility index (Phi) is 2.22. The zero-order chi connectivity index (χ0) is 9.26. The molecule has 0 fully saturated rings. The van der Waals surface area contributed by atoms with Crippen LogP contribution in [0.4, 0.5) is 5.82 Å². The van der Waals surface area contributed by atoms with Gasteiger partial charge in [0.15, 0.2) is 5.82 Å². The summed E-state index contributed by atoms with van der Waals surface area (Å²) in [4.78, 5) is 11.0. The molecule has 0 aliphatic carbocycles. The van der Waals surface area contributed by atoms with Gasteiger partial charge < -0.3 is 4.98 Å². The molecule has 13 heavy (non-hydrogen) atoms. The Balaban J connectivity index is 2.76. The van der Waals surface area contributed by atoms with Gasteiger partial charge in [0.25, 0.3) is 0 Å². The van der Waals surface area contributed by atoms with Crippen LogP contribution in [-0.4, -0.2) is 15.1 Å². The first-order chi connectivity index (χ1) is 6.31. The Hall–Kier alpha value is -1.03. The fourth-order valence-corrected chi connectivity index (χ4v) is 1.71. The molecule has 64 valence electrons. The van der Waals surface area contributed by atoms with Gasteiger partial charge in [-0.3, -0.25) is 0 Å². The van der Waals surface area contributed by atoms with Gasteiger partial charge in [-0.2, -0.15) is 4.99 Å². The average molecular weight is 254 g/mol. The number of thiocarbonyl (C=S) groups is 1. The second-order valence-corrected chi connectivity index (χ2v) is 3.44. The SMILES string of the molecule is S=C=Nc1cc(Br)c2cc[nH]c2n1. The van der Waals surface area contributed by atoms with Crippen LogP contribution in [-0.2, 0) is 0 Å². The van der Waals surface area contributed by atoms with Crippen LogP contribution >= 0.6 is 28.1 Å². The van der Waals surface area contributed by atoms with Crippen LogP contribution in [0.15, 0.2) is 27.8 Å². The number of aromatic nitrogens is 2. The summed E-state index contributed by atoms with van der Waals surface area (Å²) < 4.78 is 0.947. The smallest absolute Gasteiger partial charge is 0.165 e. The van der Waals surface area contributed by atoms with Gasteiger partial charge in [-0.05, 0) is 40.3 Å². The van der Waals surface area contributed by atoms with Gasteiger partial charge in [0.05, 0.1) is 5.16 Å². The lowest BCUT2D eigenvalue weighted by molar-refractivity contribution is 1.29. The first-order valence-electron chi connectivity index (χ1n) is 3.53. The number of nitrogens with zero attached hydrogens (tertiary/aromatic N) is 2. The number of rotatable bonds is 1. The molecule has 3 nitrogen and oxygen atoms in total. The molecule has 0 saturated heterocycles. The molecule has 0 spiro atoms. The van der Waals surface area contributed by atoms with Crippen LogP contribution in [0.5, 0.6) is 0 Å². The van der Waals surface area contributed by atoms with Crippen molar-refractivity contribution >= 4 is 50.2 Å². The lowest BCUT2D eigenvalue weighted by Crippen LogP contribution is -1.77. The highest BCUT2D eigenvalue weighted by atomic mass is 79.9. The van der Waals surface area contributed by atoms with Gasteiger partial charge in [-0.1, -0.05) is 0 Å². The number of fused-ring (bicyclic) bond motifs is 1. The molecule has 2 aromatic rings. The normalized spacial score (nSPS) is 9.92. The Morgan fingerprint density at radius 2 is 2.46 bits per heavy atom. The molecule has 0 radical (unpaired) electrons. The number of pyridine rings is 1. The predicted octanol–water partition coefficient (Wildman–Crippen LogP) is 3.06. The van der Waals surface area contributed by atoms with Crippen LogP contribution < -0.4 is 0 Å². The van der Waals surface area contributed by atoms with Gasteiger partial charge in [0.2, 0.25) is 0 Å². The van der Waals surface area contributed by atoms with Gasteiger partial charge in [-0.15, -0.1) is 0 Å². The number of hydrogen-bond donors (Lipinski definition) is 1. The fourth-order valence-electron chi connectivity index (χ4n) is 1.09. The minimum atomic E-state index is 0.553. The van der Waals surface area contributed by atoms with Crippen molar-refractivity contribution in [3.8, 4) is 0 Å². The number of H-pyrrole nitrogens is 1. The van der Waals surface area contributed by atoms with Gasteiger partial charge in [-0.25, -0.2) is 4.98 Å². The van der Waals surface area contributed by atoms with Crippen LogP contribution in [0, 0.1) is 0 Å². The maximum atomic E-state index is 4.50. The van der Waals surface area contributed by atoms with Gasteiger partial charge in [0.1, 0.15) is 5.65 Å². The molecule has 0 unspecified atom stereocenters. The van der Waals surface area contributed by atoms with Crippen LogP contribution in [0.25, 0.3) is 11.0 Å². The summed E-state index contributed by atoms with van der Waals surface area (Å²) >= 11 is 7.91. The number of aromatic amines is 1. The summed E-state index contributed by atoms with van der Waals surface area (Å²) in [6.45, 7) is 0. The number of hydrogen-bond acceptors (Lipinski definition) is 3. The van der Waals surface area contributed by atoms with E-state index in [4.69, 9.17) is 0 Å². The van der Waals surface area contributed by atoms with Gasteiger partial charge in [0, 0.05) is 16.1 Å². The van der Waals surface area contributed by atoms with E-state index >= 15 is 0 Å². The molecular formula is C8H4BrN3S. The molecule has 0 aliphatic rings. The van der Waals surface area contributed by atoms with Crippen molar-refractivity contribution in [1.82, 2.24) is 9.97 Å². The zero-order valence-electron chi connectivity index (χ0n) is 6.41. The van der Waals surface area contributed by atoms with Crippen LogP contribution in [0.2, 0.25) is 0 Å². The second-order valence-electron chi connectivity index (χ2n) is 2.41. The lowest BCUT2D eigenvalue weighted by Gasteiger charge is -1.94. The summed E-state index contributed by atoms with van der Waals surface area (Å²) in [7, 11) is 0. The zero-order valence-corrected chi connectivity index (χ0v) is 8.82. The third-order valence-corrected chi connectivity index (χ3v) is 2.37. The molecule has 0 saturated carbocycles. The Morgan fingerprint density at radius 1 is 1.62 bits per heavy atom. The van der Waals surface area contributed by atoms with Crippen molar-refractivity contribution in [2.24, 2.45) is 4.99 Å². The van der Waals surface area contributed by atoms with E-state index in [9.17, 15) is 0 Å². The fraction of sp³-hybridized carbons (Fsp3) is 0. The van der Waals surface area contributed by atoms with Crippen molar-refractivity contribution < 1.29 is 0 Å². The first-order valence-corrected chi connectivity index (χ1v) is 4.73. The lowest BCUT2D eigenvalue weighted by atomic mass is 10.3. The molecule has 0 bridgehead atoms. The number of nitrogens with one attached hydrogen (secondary N) is 1. The standard InChI is InChI=1S/C8H4BrN3S/c9-6-3-7(11-4-13)12-8-5(6)1-2-10-8/h1-3H,(H,10,12). The van der Waals surface area contributed by atoms with E-state index in [0.717, 1.165) is 15.5 Å². The molecule has 2 heterocycles. The number of aliphatic imine (C=N–C) groups is 1. The minimum Gasteiger partial charge on any atom is -0.346 e. The van der Waals surface area contributed by atoms with Crippen molar-refractivity contribution in [3.05, 3.63) is 22.8 Å². The molecule has 2 aromatic heterocycles. The number of isothiocyanates is 1. The van der Waals surface area contributed by atoms with Crippen molar-refractivity contribution in [2.45, 2.75) is 0 Å². The molecule has 0 aromatic carbocycles. The van der Waals surface area contributed by atoms with Crippen LogP contribution in [0.3, 0.4) is 0 Å². The number of halogens is 1. The summed E-state index contributed by atoms with van der Waals surface area (Å²) in [5.41, 5.74) is 0.790. The van der Waals surface area contributed by atoms with E-state index in [0.29, 0.717) is 5.82 Å². The Bertz CT molecular complexity index is 499. The Morgan fingerprint density at radius 3 is 3.23 bits per heavy atom. The van der Waals surface area contributed by atoms with E-state index in [-0.39, 0.29) is 0 Å². The topological polar surface area (TPSA) is 41.0 Å². The molecular weight excluding hydrogens is 250 g/mol. The van der Waals surface area contributed by atoms with Crippen molar-refractivity contribution in [3.63, 3.8) is 0 Å². The molecule has 0 amide bonds. The summed E-state index contributed by atoms with van der Waals surface area (Å²) in [6.07, 6.45) is 1.83. The van der Waals surface area contributed by atoms with E-state index in [2.05, 4.69) is 48.3 Å². The average Bonchev–Trinajstić information content (AvgIpc) is 2.53. The third-order valence-electron chi connectivity index (χ3n) is 1.62. The second kappa shape index (κ2) is 3.38. The maximum absolute atomic E-state index is 4.50. The highest BCUT2D eigenvalue weighted by Crippen LogP contribution is 2.25. The Labute approximate surface area is 88.0 Å². The van der Waals surface area contributed by atoms with Crippen molar-refractivity contribution in [2.75, 3.05) is 0 Å². The quantitative estimate of drug-likeness (QED) is 0.627. The maximum Gasteiger partial charge on any atom is 0.165 e. The highest BCUT2D eigenvalue weighted by Gasteiger charge is 2.02. The third kappa shape index (κ3) is 1.54. The van der Waals surface area contributed by atoms with Gasteiger partial charge >= 0.3 is 0 Å². The predicted molar refractivity (Wildman–Crippen MR) is 58.5 cm³/mol. The molecule has 2 rings (SSSR count). The van der Waals surface area contributed by atoms with E-state index in [1.54, 1.807) is 6.07 Å². The van der Waals surface area contributed by atoms with E-state index in [1.807, 2.05) is 12.3 Å². The van der Waals surface area contributed by atoms with E-state index < -0.39 is 0 Å². The minimum absolute atomic E-state index is 0.553. The molecule has 0 aliphatic heterocycles. The first kappa shape index (κ1) is 8.56.